The highest BCUT2D eigenvalue weighted by molar-refractivity contribution is 6.45. The van der Waals surface area contributed by atoms with Gasteiger partial charge in [0.05, 0.1) is 18.2 Å². The molecule has 3 aromatic rings. The molecular formula is C26H25ClFN3O3. The number of ketones is 1. The summed E-state index contributed by atoms with van der Waals surface area (Å²) < 4.78 is 21.3. The molecule has 0 radical (unpaired) electrons. The van der Waals surface area contributed by atoms with Crippen LogP contribution in [-0.4, -0.2) is 23.4 Å². The van der Waals surface area contributed by atoms with Gasteiger partial charge in [-0.1, -0.05) is 30.3 Å². The van der Waals surface area contributed by atoms with E-state index in [1.54, 1.807) is 32.0 Å². The zero-order chi connectivity index (χ0) is 25.0. The molecule has 0 atom stereocenters. The Bertz CT molecular complexity index is 1340. The Hall–Kier alpha value is -3.84. The summed E-state index contributed by atoms with van der Waals surface area (Å²) in [6.45, 7) is 7.38. The molecule has 0 unspecified atom stereocenters. The number of benzene rings is 2. The SMILES string of the molecule is C=C(/C=C(\C=C/N)NC(=O)C(=O)c1c(C)n(Cc2ccc(Cl)cc2)c2cc(F)c(C)cc12)OC. The number of aromatic nitrogens is 1. The van der Waals surface area contributed by atoms with Gasteiger partial charge in [-0.3, -0.25) is 9.59 Å². The van der Waals surface area contributed by atoms with Gasteiger partial charge in [-0.25, -0.2) is 4.39 Å². The largest absolute Gasteiger partial charge is 0.497 e. The van der Waals surface area contributed by atoms with Gasteiger partial charge in [0.15, 0.2) is 0 Å². The van der Waals surface area contributed by atoms with Crippen molar-refractivity contribution >= 4 is 34.2 Å². The number of nitrogens with one attached hydrogen (secondary N) is 1. The topological polar surface area (TPSA) is 86.4 Å². The Morgan fingerprint density at radius 2 is 1.91 bits per heavy atom. The van der Waals surface area contributed by atoms with Crippen molar-refractivity contribution in [3.8, 4) is 0 Å². The van der Waals surface area contributed by atoms with E-state index in [2.05, 4.69) is 11.9 Å². The number of rotatable bonds is 8. The number of nitrogens with two attached hydrogens (primary N) is 1. The molecule has 0 saturated carbocycles. The lowest BCUT2D eigenvalue weighted by atomic mass is 10.0. The monoisotopic (exact) mass is 481 g/mol. The maximum absolute atomic E-state index is 14.5. The van der Waals surface area contributed by atoms with Crippen LogP contribution in [0.5, 0.6) is 0 Å². The van der Waals surface area contributed by atoms with E-state index in [4.69, 9.17) is 22.1 Å². The van der Waals surface area contributed by atoms with E-state index < -0.39 is 17.5 Å². The first-order valence-electron chi connectivity index (χ1n) is 10.4. The van der Waals surface area contributed by atoms with Crippen molar-refractivity contribution in [3.05, 3.63) is 106 Å². The van der Waals surface area contributed by atoms with Gasteiger partial charge in [-0.2, -0.15) is 0 Å². The Kier molecular flexibility index (Phi) is 7.58. The van der Waals surface area contributed by atoms with Crippen LogP contribution in [0.2, 0.25) is 5.02 Å². The number of fused-ring (bicyclic) bond motifs is 1. The normalized spacial score (nSPS) is 11.7. The molecule has 8 heteroatoms. The number of amides is 1. The van der Waals surface area contributed by atoms with Crippen molar-refractivity contribution in [2.45, 2.75) is 20.4 Å². The minimum atomic E-state index is -0.871. The van der Waals surface area contributed by atoms with E-state index in [1.165, 1.54) is 31.5 Å². The predicted octanol–water partition coefficient (Wildman–Crippen LogP) is 4.91. The third kappa shape index (κ3) is 5.21. The Balaban J connectivity index is 2.08. The van der Waals surface area contributed by atoms with Crippen molar-refractivity contribution in [1.29, 1.82) is 0 Å². The molecule has 1 aromatic heterocycles. The van der Waals surface area contributed by atoms with Crippen molar-refractivity contribution in [1.82, 2.24) is 9.88 Å². The molecule has 0 fully saturated rings. The van der Waals surface area contributed by atoms with Gasteiger partial charge in [-0.05, 0) is 61.5 Å². The molecule has 0 aliphatic heterocycles. The van der Waals surface area contributed by atoms with Crippen LogP contribution in [-0.2, 0) is 16.1 Å². The van der Waals surface area contributed by atoms with Gasteiger partial charge >= 0.3 is 0 Å². The number of carbonyl (C=O) groups is 2. The number of aryl methyl sites for hydroxylation is 1. The summed E-state index contributed by atoms with van der Waals surface area (Å²) in [6.07, 6.45) is 4.06. The molecule has 176 valence electrons. The third-order valence-corrected chi connectivity index (χ3v) is 5.66. The first-order chi connectivity index (χ1) is 16.2. The van der Waals surface area contributed by atoms with Gasteiger partial charge in [0, 0.05) is 34.4 Å². The van der Waals surface area contributed by atoms with Gasteiger partial charge in [0.2, 0.25) is 0 Å². The van der Waals surface area contributed by atoms with Crippen molar-refractivity contribution in [3.63, 3.8) is 0 Å². The van der Waals surface area contributed by atoms with Gasteiger partial charge in [-0.15, -0.1) is 0 Å². The van der Waals surface area contributed by atoms with Crippen LogP contribution in [0.25, 0.3) is 10.9 Å². The van der Waals surface area contributed by atoms with Crippen molar-refractivity contribution in [2.75, 3.05) is 7.11 Å². The van der Waals surface area contributed by atoms with E-state index in [0.29, 0.717) is 33.7 Å². The summed E-state index contributed by atoms with van der Waals surface area (Å²) in [6, 6.07) is 10.2. The van der Waals surface area contributed by atoms with E-state index in [9.17, 15) is 14.0 Å². The summed E-state index contributed by atoms with van der Waals surface area (Å²) in [5.74, 6) is -1.77. The first-order valence-corrected chi connectivity index (χ1v) is 10.8. The number of methoxy groups -OCH3 is 1. The van der Waals surface area contributed by atoms with Crippen LogP contribution < -0.4 is 11.1 Å². The minimum absolute atomic E-state index is 0.200. The highest BCUT2D eigenvalue weighted by Crippen LogP contribution is 2.30. The molecule has 3 rings (SSSR count). The summed E-state index contributed by atoms with van der Waals surface area (Å²) in [5.41, 5.74) is 8.21. The molecule has 3 N–H and O–H groups in total. The van der Waals surface area contributed by atoms with E-state index in [-0.39, 0.29) is 17.0 Å². The van der Waals surface area contributed by atoms with Crippen LogP contribution >= 0.6 is 11.6 Å². The summed E-state index contributed by atoms with van der Waals surface area (Å²) >= 11 is 5.99. The fraction of sp³-hybridized carbons (Fsp3) is 0.154. The summed E-state index contributed by atoms with van der Waals surface area (Å²) in [7, 11) is 1.43. The number of hydrogen-bond acceptors (Lipinski definition) is 4. The van der Waals surface area contributed by atoms with Crippen LogP contribution in [0, 0.1) is 19.7 Å². The lowest BCUT2D eigenvalue weighted by molar-refractivity contribution is -0.116. The van der Waals surface area contributed by atoms with Crippen molar-refractivity contribution in [2.24, 2.45) is 5.73 Å². The Morgan fingerprint density at radius 1 is 1.24 bits per heavy atom. The van der Waals surface area contributed by atoms with Crippen LogP contribution in [0.15, 0.2) is 72.8 Å². The summed E-state index contributed by atoms with van der Waals surface area (Å²) in [4.78, 5) is 26.2. The number of carbonyl (C=O) groups excluding carboxylic acids is 2. The average Bonchev–Trinajstić information content (AvgIpc) is 3.05. The number of allylic oxidation sites excluding steroid dienone is 2. The predicted molar refractivity (Wildman–Crippen MR) is 132 cm³/mol. The van der Waals surface area contributed by atoms with E-state index in [0.717, 1.165) is 5.56 Å². The number of ether oxygens (including phenoxy) is 1. The Morgan fingerprint density at radius 3 is 2.53 bits per heavy atom. The quantitative estimate of drug-likeness (QED) is 0.207. The number of nitrogens with zero attached hydrogens (tertiary/aromatic N) is 1. The molecule has 6 nitrogen and oxygen atoms in total. The van der Waals surface area contributed by atoms with Crippen LogP contribution in [0.4, 0.5) is 4.39 Å². The molecular weight excluding hydrogens is 457 g/mol. The van der Waals surface area contributed by atoms with Gasteiger partial charge < -0.3 is 20.4 Å². The first kappa shape index (κ1) is 24.8. The van der Waals surface area contributed by atoms with Crippen LogP contribution in [0.1, 0.15) is 27.2 Å². The molecule has 2 aromatic carbocycles. The maximum atomic E-state index is 14.5. The summed E-state index contributed by atoms with van der Waals surface area (Å²) in [5, 5.41) is 3.62. The molecule has 0 aliphatic carbocycles. The molecule has 34 heavy (non-hydrogen) atoms. The highest BCUT2D eigenvalue weighted by Gasteiger charge is 2.26. The third-order valence-electron chi connectivity index (χ3n) is 5.40. The molecule has 0 spiro atoms. The molecule has 1 heterocycles. The number of hydrogen-bond donors (Lipinski definition) is 2. The zero-order valence-corrected chi connectivity index (χ0v) is 19.9. The number of Topliss-reactive ketones (excluding diaryl/α,β-unsaturated/α-hetero) is 1. The Labute approximate surface area is 202 Å². The minimum Gasteiger partial charge on any atom is -0.497 e. The standard InChI is InChI=1S/C26H25ClFN3O3/c1-15-11-21-23(13-22(15)28)31(14-18-5-7-19(27)8-6-18)17(3)24(21)25(32)26(33)30-20(9-10-29)12-16(2)34-4/h5-13H,2,14,29H2,1,3-4H3,(H,30,33)/b10-9-,20-12+. The second-order valence-electron chi connectivity index (χ2n) is 7.70. The fourth-order valence-electron chi connectivity index (χ4n) is 3.63. The molecule has 0 bridgehead atoms. The lowest BCUT2D eigenvalue weighted by Gasteiger charge is -2.10. The van der Waals surface area contributed by atoms with Crippen molar-refractivity contribution < 1.29 is 18.7 Å². The second-order valence-corrected chi connectivity index (χ2v) is 8.14. The smallest absolute Gasteiger partial charge is 0.296 e. The maximum Gasteiger partial charge on any atom is 0.296 e. The zero-order valence-electron chi connectivity index (χ0n) is 19.1. The number of halogens is 2. The average molecular weight is 482 g/mol. The fourth-order valence-corrected chi connectivity index (χ4v) is 3.76. The van der Waals surface area contributed by atoms with Gasteiger partial charge in [0.1, 0.15) is 11.6 Å². The van der Waals surface area contributed by atoms with E-state index >= 15 is 0 Å². The highest BCUT2D eigenvalue weighted by atomic mass is 35.5. The molecule has 0 aliphatic rings. The van der Waals surface area contributed by atoms with Gasteiger partial charge in [0.25, 0.3) is 11.7 Å². The van der Waals surface area contributed by atoms with E-state index in [1.807, 2.05) is 16.7 Å². The molecule has 1 amide bonds. The lowest BCUT2D eigenvalue weighted by Crippen LogP contribution is -2.30. The second kappa shape index (κ2) is 10.4. The molecule has 0 saturated heterocycles. The van der Waals surface area contributed by atoms with Crippen LogP contribution in [0.3, 0.4) is 0 Å².